The Balaban J connectivity index is 1.68. The third-order valence-electron chi connectivity index (χ3n) is 5.99. The van der Waals surface area contributed by atoms with E-state index in [0.29, 0.717) is 23.7 Å². The van der Waals surface area contributed by atoms with Gasteiger partial charge < -0.3 is 21.0 Å². The highest BCUT2D eigenvalue weighted by molar-refractivity contribution is 6.08. The van der Waals surface area contributed by atoms with Crippen molar-refractivity contribution in [1.82, 2.24) is 10.3 Å². The van der Waals surface area contributed by atoms with E-state index in [1.807, 2.05) is 36.4 Å². The summed E-state index contributed by atoms with van der Waals surface area (Å²) in [5.41, 5.74) is 6.20. The Kier molecular flexibility index (Phi) is 9.79. The molecule has 0 fully saturated rings. The van der Waals surface area contributed by atoms with Crippen LogP contribution in [0.4, 0.5) is 5.69 Å². The van der Waals surface area contributed by atoms with Crippen molar-refractivity contribution < 1.29 is 0 Å². The van der Waals surface area contributed by atoms with E-state index in [1.54, 1.807) is 6.20 Å². The van der Waals surface area contributed by atoms with Crippen molar-refractivity contribution in [2.75, 3.05) is 18.4 Å². The number of H-pyrrole nitrogens is 1. The number of hydrogen-bond donors (Lipinski definition) is 4. The van der Waals surface area contributed by atoms with Gasteiger partial charge >= 0.3 is 0 Å². The van der Waals surface area contributed by atoms with Crippen molar-refractivity contribution in [2.24, 2.45) is 5.92 Å². The molecule has 2 aromatic carbocycles. The standard InChI is InChI=1S/C30H35N5O/c1-21(2)15-26(19-32)27-17-29(30(36)35-20-27)34-14-12-28(25-6-4-5-22(3)16-25)33-13-11-23-7-9-24(18-31)10-8-23/h4-10,15-17,19-21,28,32-34H,11-14H2,1-3H3,(H,35,36)/b26-15+,32-19?. The molecule has 0 saturated carbocycles. The zero-order valence-electron chi connectivity index (χ0n) is 21.3. The summed E-state index contributed by atoms with van der Waals surface area (Å²) in [5, 5.41) is 23.7. The first kappa shape index (κ1) is 26.7. The number of nitriles is 1. The second-order valence-corrected chi connectivity index (χ2v) is 9.34. The van der Waals surface area contributed by atoms with Crippen molar-refractivity contribution in [3.8, 4) is 6.07 Å². The maximum Gasteiger partial charge on any atom is 0.271 e. The number of rotatable bonds is 12. The van der Waals surface area contributed by atoms with Crippen LogP contribution in [0, 0.1) is 29.6 Å². The Bertz CT molecular complexity index is 1280. The molecule has 1 atom stereocenters. The molecule has 0 saturated heterocycles. The summed E-state index contributed by atoms with van der Waals surface area (Å²) in [6, 6.07) is 20.3. The average molecular weight is 482 g/mol. The van der Waals surface area contributed by atoms with Crippen LogP contribution in [-0.4, -0.2) is 24.3 Å². The number of benzene rings is 2. The molecular weight excluding hydrogens is 446 g/mol. The van der Waals surface area contributed by atoms with Gasteiger partial charge in [-0.2, -0.15) is 5.26 Å². The monoisotopic (exact) mass is 481 g/mol. The third-order valence-corrected chi connectivity index (χ3v) is 5.99. The molecule has 1 heterocycles. The molecule has 0 radical (unpaired) electrons. The zero-order chi connectivity index (χ0) is 25.9. The van der Waals surface area contributed by atoms with Gasteiger partial charge in [0.05, 0.1) is 11.6 Å². The zero-order valence-corrected chi connectivity index (χ0v) is 21.3. The van der Waals surface area contributed by atoms with Gasteiger partial charge in [0.2, 0.25) is 0 Å². The van der Waals surface area contributed by atoms with Gasteiger partial charge in [-0.05, 0) is 67.1 Å². The Morgan fingerprint density at radius 1 is 1.14 bits per heavy atom. The predicted molar refractivity (Wildman–Crippen MR) is 149 cm³/mol. The van der Waals surface area contributed by atoms with Crippen LogP contribution in [0.2, 0.25) is 0 Å². The van der Waals surface area contributed by atoms with E-state index in [2.05, 4.69) is 66.7 Å². The number of aryl methyl sites for hydroxylation is 1. The number of allylic oxidation sites excluding steroid dienone is 2. The van der Waals surface area contributed by atoms with E-state index in [1.165, 1.54) is 22.9 Å². The molecular formula is C30H35N5O. The first-order valence-corrected chi connectivity index (χ1v) is 12.4. The first-order chi connectivity index (χ1) is 17.4. The molecule has 1 unspecified atom stereocenters. The summed E-state index contributed by atoms with van der Waals surface area (Å²) >= 11 is 0. The van der Waals surface area contributed by atoms with E-state index in [4.69, 9.17) is 10.7 Å². The largest absolute Gasteiger partial charge is 0.381 e. The minimum absolute atomic E-state index is 0.121. The lowest BCUT2D eigenvalue weighted by Crippen LogP contribution is -2.26. The number of hydrogen-bond acceptors (Lipinski definition) is 5. The molecule has 1 aromatic heterocycles. The third kappa shape index (κ3) is 7.79. The molecule has 36 heavy (non-hydrogen) atoms. The number of aromatic amines is 1. The molecule has 3 aromatic rings. The van der Waals surface area contributed by atoms with Crippen molar-refractivity contribution >= 4 is 17.5 Å². The summed E-state index contributed by atoms with van der Waals surface area (Å²) < 4.78 is 0. The van der Waals surface area contributed by atoms with Crippen molar-refractivity contribution in [1.29, 1.82) is 10.7 Å². The maximum atomic E-state index is 12.4. The normalized spacial score (nSPS) is 12.2. The molecule has 0 aliphatic heterocycles. The highest BCUT2D eigenvalue weighted by atomic mass is 16.1. The maximum absolute atomic E-state index is 12.4. The molecule has 6 heteroatoms. The lowest BCUT2D eigenvalue weighted by molar-refractivity contribution is 0.513. The van der Waals surface area contributed by atoms with E-state index in [-0.39, 0.29) is 11.6 Å². The highest BCUT2D eigenvalue weighted by Crippen LogP contribution is 2.20. The summed E-state index contributed by atoms with van der Waals surface area (Å²) in [6.45, 7) is 7.63. The molecule has 186 valence electrons. The number of nitrogens with one attached hydrogen (secondary N) is 4. The van der Waals surface area contributed by atoms with Crippen LogP contribution in [-0.2, 0) is 6.42 Å². The van der Waals surface area contributed by atoms with Crippen LogP contribution >= 0.6 is 0 Å². The van der Waals surface area contributed by atoms with Gasteiger partial charge in [-0.3, -0.25) is 4.79 Å². The second kappa shape index (κ2) is 13.2. The van der Waals surface area contributed by atoms with Gasteiger partial charge in [0.25, 0.3) is 5.56 Å². The topological polar surface area (TPSA) is 105 Å². The molecule has 3 rings (SSSR count). The molecule has 0 aliphatic carbocycles. The van der Waals surface area contributed by atoms with Crippen LogP contribution < -0.4 is 16.2 Å². The van der Waals surface area contributed by atoms with E-state index >= 15 is 0 Å². The van der Waals surface area contributed by atoms with Crippen molar-refractivity contribution in [3.05, 3.63) is 105 Å². The number of nitrogens with zero attached hydrogens (tertiary/aromatic N) is 1. The second-order valence-electron chi connectivity index (χ2n) is 9.34. The van der Waals surface area contributed by atoms with E-state index < -0.39 is 0 Å². The summed E-state index contributed by atoms with van der Waals surface area (Å²) in [6.07, 6.45) is 6.64. The van der Waals surface area contributed by atoms with Crippen LogP contribution in [0.1, 0.15) is 54.1 Å². The van der Waals surface area contributed by atoms with E-state index in [9.17, 15) is 4.79 Å². The molecule has 6 nitrogen and oxygen atoms in total. The van der Waals surface area contributed by atoms with Gasteiger partial charge in [0.15, 0.2) is 0 Å². The first-order valence-electron chi connectivity index (χ1n) is 12.4. The van der Waals surface area contributed by atoms with Crippen molar-refractivity contribution in [3.63, 3.8) is 0 Å². The Morgan fingerprint density at radius 3 is 2.58 bits per heavy atom. The average Bonchev–Trinajstić information content (AvgIpc) is 2.87. The molecule has 0 bridgehead atoms. The van der Waals surface area contributed by atoms with Crippen molar-refractivity contribution in [2.45, 2.75) is 39.7 Å². The summed E-state index contributed by atoms with van der Waals surface area (Å²) in [4.78, 5) is 15.2. The lowest BCUT2D eigenvalue weighted by Gasteiger charge is -2.20. The fraction of sp³-hybridized carbons (Fsp3) is 0.300. The Morgan fingerprint density at radius 2 is 1.92 bits per heavy atom. The Hall–Kier alpha value is -3.95. The molecule has 0 aliphatic rings. The molecule has 4 N–H and O–H groups in total. The van der Waals surface area contributed by atoms with Crippen LogP contribution in [0.5, 0.6) is 0 Å². The summed E-state index contributed by atoms with van der Waals surface area (Å²) in [5.74, 6) is 0.301. The quantitative estimate of drug-likeness (QED) is 0.252. The predicted octanol–water partition coefficient (Wildman–Crippen LogP) is 5.62. The summed E-state index contributed by atoms with van der Waals surface area (Å²) in [7, 11) is 0. The van der Waals surface area contributed by atoms with Crippen LogP contribution in [0.25, 0.3) is 5.57 Å². The van der Waals surface area contributed by atoms with Crippen LogP contribution in [0.15, 0.2) is 71.7 Å². The van der Waals surface area contributed by atoms with Gasteiger partial charge in [-0.25, -0.2) is 0 Å². The van der Waals surface area contributed by atoms with Gasteiger partial charge in [0, 0.05) is 30.6 Å². The van der Waals surface area contributed by atoms with Crippen LogP contribution in [0.3, 0.4) is 0 Å². The fourth-order valence-electron chi connectivity index (χ4n) is 4.13. The number of aromatic nitrogens is 1. The van der Waals surface area contributed by atoms with Gasteiger partial charge in [0.1, 0.15) is 5.69 Å². The minimum atomic E-state index is -0.173. The smallest absolute Gasteiger partial charge is 0.271 e. The SMILES string of the molecule is Cc1cccc(C(CCNc2cc(/C(C=N)=C/C(C)C)c[nH]c2=O)NCCc2ccc(C#N)cc2)c1. The number of anilines is 1. The van der Waals surface area contributed by atoms with E-state index in [0.717, 1.165) is 30.5 Å². The molecule has 0 spiro atoms. The Labute approximate surface area is 213 Å². The fourth-order valence-corrected chi connectivity index (χ4v) is 4.13. The van der Waals surface area contributed by atoms with Gasteiger partial charge in [-0.15, -0.1) is 0 Å². The molecule has 0 amide bonds. The minimum Gasteiger partial charge on any atom is -0.381 e. The highest BCUT2D eigenvalue weighted by Gasteiger charge is 2.12. The number of pyridine rings is 1. The van der Waals surface area contributed by atoms with Gasteiger partial charge in [-0.1, -0.05) is 61.9 Å². The lowest BCUT2D eigenvalue weighted by atomic mass is 10.0.